The lowest BCUT2D eigenvalue weighted by Gasteiger charge is -2.05. The van der Waals surface area contributed by atoms with Crippen LogP contribution in [-0.2, 0) is 11.2 Å². The van der Waals surface area contributed by atoms with Crippen molar-refractivity contribution >= 4 is 34.0 Å². The number of rotatable bonds is 5. The number of hydrogen-bond acceptors (Lipinski definition) is 5. The number of nitrogens with zero attached hydrogens (tertiary/aromatic N) is 1. The van der Waals surface area contributed by atoms with E-state index in [2.05, 4.69) is 15.5 Å². The maximum Gasteiger partial charge on any atom is 0.229 e. The molecule has 0 aliphatic heterocycles. The number of hydrogen-bond donors (Lipinski definition) is 2. The lowest BCUT2D eigenvalue weighted by molar-refractivity contribution is -0.115. The summed E-state index contributed by atoms with van der Waals surface area (Å²) in [5.74, 6) is 1.47. The molecule has 1 aliphatic rings. The van der Waals surface area contributed by atoms with Gasteiger partial charge in [-0.25, -0.2) is 0 Å². The Labute approximate surface area is 164 Å². The highest BCUT2D eigenvalue weighted by Gasteiger charge is 2.25. The molecule has 0 atom stereocenters. The van der Waals surface area contributed by atoms with Gasteiger partial charge in [-0.3, -0.25) is 14.7 Å². The number of nitrogens with one attached hydrogen (secondary N) is 2. The third-order valence-electron chi connectivity index (χ3n) is 4.80. The zero-order valence-corrected chi connectivity index (χ0v) is 15.7. The summed E-state index contributed by atoms with van der Waals surface area (Å²) in [6, 6.07) is 12.5. The van der Waals surface area contributed by atoms with Gasteiger partial charge in [0.15, 0.2) is 11.2 Å². The Morgan fingerprint density at radius 3 is 2.93 bits per heavy atom. The number of aromatic nitrogens is 2. The highest BCUT2D eigenvalue weighted by atomic mass is 32.1. The molecular weight excluding hydrogens is 374 g/mol. The number of carbonyl (C=O) groups excluding carboxylic acids is 1. The third kappa shape index (κ3) is 3.36. The van der Waals surface area contributed by atoms with Crippen LogP contribution in [0.3, 0.4) is 0 Å². The molecule has 0 spiro atoms. The van der Waals surface area contributed by atoms with Crippen LogP contribution in [0.5, 0.6) is 0 Å². The molecule has 1 amide bonds. The van der Waals surface area contributed by atoms with Crippen LogP contribution >= 0.6 is 11.3 Å². The Morgan fingerprint density at radius 1 is 1.25 bits per heavy atom. The lowest BCUT2D eigenvalue weighted by Crippen LogP contribution is -2.15. The molecule has 28 heavy (non-hydrogen) atoms. The number of H-pyrrole nitrogens is 1. The first kappa shape index (κ1) is 16.9. The fourth-order valence-electron chi connectivity index (χ4n) is 3.23. The highest BCUT2D eigenvalue weighted by molar-refractivity contribution is 7.13. The van der Waals surface area contributed by atoms with Crippen molar-refractivity contribution in [3.63, 3.8) is 0 Å². The Hall–Kier alpha value is -3.19. The zero-order valence-electron chi connectivity index (χ0n) is 14.9. The predicted octanol–water partition coefficient (Wildman–Crippen LogP) is 4.30. The Bertz CT molecular complexity index is 1220. The van der Waals surface area contributed by atoms with Gasteiger partial charge in [0.1, 0.15) is 11.3 Å². The minimum Gasteiger partial charge on any atom is -0.455 e. The van der Waals surface area contributed by atoms with Crippen molar-refractivity contribution in [2.75, 3.05) is 5.32 Å². The normalized spacial score (nSPS) is 13.7. The smallest absolute Gasteiger partial charge is 0.229 e. The summed E-state index contributed by atoms with van der Waals surface area (Å²) >= 11 is 1.52. The topological polar surface area (TPSA) is 88.0 Å². The van der Waals surface area contributed by atoms with Gasteiger partial charge >= 0.3 is 0 Å². The van der Waals surface area contributed by atoms with Crippen LogP contribution in [0.15, 0.2) is 57.1 Å². The van der Waals surface area contributed by atoms with Crippen molar-refractivity contribution in [3.8, 4) is 10.6 Å². The summed E-state index contributed by atoms with van der Waals surface area (Å²) in [7, 11) is 0. The minimum absolute atomic E-state index is 0.117. The van der Waals surface area contributed by atoms with Crippen molar-refractivity contribution in [2.45, 2.75) is 25.2 Å². The average Bonchev–Trinajstić information content (AvgIpc) is 3.18. The fourth-order valence-corrected chi connectivity index (χ4v) is 3.91. The van der Waals surface area contributed by atoms with Gasteiger partial charge in [-0.05, 0) is 42.0 Å². The molecular formula is C21H17N3O3S. The molecule has 0 bridgehead atoms. The molecule has 3 heterocycles. The zero-order chi connectivity index (χ0) is 19.1. The molecule has 3 aromatic heterocycles. The quantitative estimate of drug-likeness (QED) is 0.531. The SMILES string of the molecule is O=C(Cc1ccc2oc(-c3cccs3)cc(=O)c2c1)Nc1cc(C2CC2)[nH]n1. The van der Waals surface area contributed by atoms with Gasteiger partial charge < -0.3 is 9.73 Å². The first-order chi connectivity index (χ1) is 13.7. The van der Waals surface area contributed by atoms with E-state index in [4.69, 9.17) is 4.42 Å². The number of carbonyl (C=O) groups is 1. The molecule has 1 fully saturated rings. The van der Waals surface area contributed by atoms with Crippen LogP contribution in [0, 0.1) is 0 Å². The van der Waals surface area contributed by atoms with Crippen LogP contribution in [0.2, 0.25) is 0 Å². The average molecular weight is 391 g/mol. The predicted molar refractivity (Wildman–Crippen MR) is 109 cm³/mol. The Balaban J connectivity index is 1.35. The van der Waals surface area contributed by atoms with E-state index in [1.165, 1.54) is 30.2 Å². The number of anilines is 1. The monoisotopic (exact) mass is 391 g/mol. The lowest BCUT2D eigenvalue weighted by atomic mass is 10.1. The summed E-state index contributed by atoms with van der Waals surface area (Å²) in [6.07, 6.45) is 2.50. The van der Waals surface area contributed by atoms with Crippen molar-refractivity contribution < 1.29 is 9.21 Å². The number of thiophene rings is 1. The van der Waals surface area contributed by atoms with Crippen LogP contribution in [0.1, 0.15) is 30.0 Å². The van der Waals surface area contributed by atoms with Crippen molar-refractivity contribution in [3.05, 3.63) is 69.3 Å². The van der Waals surface area contributed by atoms with Gasteiger partial charge in [-0.1, -0.05) is 12.1 Å². The standard InChI is InChI=1S/C21H17N3O3S/c25-16-11-18(19-2-1-7-28-19)27-17-6-3-12(8-14(16)17)9-21(26)22-20-10-15(23-24-20)13-4-5-13/h1-3,6-8,10-11,13H,4-5,9H2,(H2,22,23,24,26). The largest absolute Gasteiger partial charge is 0.455 e. The fraction of sp³-hybridized carbons (Fsp3) is 0.190. The molecule has 1 aromatic carbocycles. The van der Waals surface area contributed by atoms with Gasteiger partial charge in [0.2, 0.25) is 5.91 Å². The second-order valence-corrected chi connectivity index (χ2v) is 7.94. The summed E-state index contributed by atoms with van der Waals surface area (Å²) < 4.78 is 5.87. The van der Waals surface area contributed by atoms with E-state index in [-0.39, 0.29) is 17.8 Å². The van der Waals surface area contributed by atoms with E-state index >= 15 is 0 Å². The van der Waals surface area contributed by atoms with E-state index in [0.29, 0.717) is 28.5 Å². The van der Waals surface area contributed by atoms with E-state index in [9.17, 15) is 9.59 Å². The van der Waals surface area contributed by atoms with Gasteiger partial charge in [-0.15, -0.1) is 11.3 Å². The molecule has 1 saturated carbocycles. The molecule has 7 heteroatoms. The Kier molecular flexibility index (Phi) is 4.09. The maximum absolute atomic E-state index is 12.5. The van der Waals surface area contributed by atoms with Crippen molar-refractivity contribution in [1.29, 1.82) is 0 Å². The molecule has 0 radical (unpaired) electrons. The molecule has 0 unspecified atom stereocenters. The van der Waals surface area contributed by atoms with Crippen molar-refractivity contribution in [1.82, 2.24) is 10.2 Å². The highest BCUT2D eigenvalue weighted by Crippen LogP contribution is 2.39. The summed E-state index contributed by atoms with van der Waals surface area (Å²) in [5.41, 5.74) is 2.22. The summed E-state index contributed by atoms with van der Waals surface area (Å²) in [5, 5.41) is 12.3. The van der Waals surface area contributed by atoms with Crippen LogP contribution in [-0.4, -0.2) is 16.1 Å². The molecule has 140 valence electrons. The van der Waals surface area contributed by atoms with E-state index in [0.717, 1.165) is 16.1 Å². The molecule has 2 N–H and O–H groups in total. The molecule has 5 rings (SSSR count). The van der Waals surface area contributed by atoms with E-state index in [1.54, 1.807) is 12.1 Å². The van der Waals surface area contributed by atoms with E-state index in [1.807, 2.05) is 29.6 Å². The first-order valence-electron chi connectivity index (χ1n) is 9.11. The van der Waals surface area contributed by atoms with Crippen molar-refractivity contribution in [2.24, 2.45) is 0 Å². The van der Waals surface area contributed by atoms with Crippen LogP contribution in [0.25, 0.3) is 21.6 Å². The van der Waals surface area contributed by atoms with E-state index < -0.39 is 0 Å². The van der Waals surface area contributed by atoms with Gasteiger partial charge in [-0.2, -0.15) is 5.10 Å². The van der Waals surface area contributed by atoms with Gasteiger partial charge in [0.25, 0.3) is 0 Å². The number of aromatic amines is 1. The van der Waals surface area contributed by atoms with Gasteiger partial charge in [0, 0.05) is 23.7 Å². The Morgan fingerprint density at radius 2 is 2.14 bits per heavy atom. The molecule has 4 aromatic rings. The second-order valence-electron chi connectivity index (χ2n) is 6.99. The molecule has 1 aliphatic carbocycles. The first-order valence-corrected chi connectivity index (χ1v) is 9.99. The number of fused-ring (bicyclic) bond motifs is 1. The third-order valence-corrected chi connectivity index (χ3v) is 5.69. The van der Waals surface area contributed by atoms with Crippen LogP contribution in [0.4, 0.5) is 5.82 Å². The summed E-state index contributed by atoms with van der Waals surface area (Å²) in [6.45, 7) is 0. The summed E-state index contributed by atoms with van der Waals surface area (Å²) in [4.78, 5) is 25.8. The number of amides is 1. The minimum atomic E-state index is -0.173. The molecule has 6 nitrogen and oxygen atoms in total. The van der Waals surface area contributed by atoms with Gasteiger partial charge in [0.05, 0.1) is 16.7 Å². The maximum atomic E-state index is 12.5. The molecule has 0 saturated heterocycles. The second kappa shape index (κ2) is 6.76. The number of benzene rings is 1. The van der Waals surface area contributed by atoms with Crippen LogP contribution < -0.4 is 10.7 Å².